The van der Waals surface area contributed by atoms with Crippen molar-refractivity contribution in [2.75, 3.05) is 12.0 Å². The quantitative estimate of drug-likeness (QED) is 0.908. The second kappa shape index (κ2) is 6.19. The first kappa shape index (κ1) is 14.6. The van der Waals surface area contributed by atoms with Crippen molar-refractivity contribution in [1.82, 2.24) is 15.5 Å². The monoisotopic (exact) mass is 322 g/mol. The highest BCUT2D eigenvalue weighted by Gasteiger charge is 2.24. The standard InChI is InChI=1S/C14H18N4OS2/c1-20-9-4-2-8(3-5-9)17-13(19)12-11(15)10-6-7-16-18-14(10)21-12/h6-9H,2-5,15H2,1H3,(H,17,19). The number of hydrogen-bond acceptors (Lipinski definition) is 6. The highest BCUT2D eigenvalue weighted by molar-refractivity contribution is 7.99. The number of carbonyl (C=O) groups excluding carboxylic acids is 1. The second-order valence-electron chi connectivity index (χ2n) is 5.28. The lowest BCUT2D eigenvalue weighted by Crippen LogP contribution is -2.38. The van der Waals surface area contributed by atoms with E-state index in [-0.39, 0.29) is 11.9 Å². The van der Waals surface area contributed by atoms with Crippen molar-refractivity contribution in [3.05, 3.63) is 17.1 Å². The zero-order valence-corrected chi connectivity index (χ0v) is 13.5. The number of amides is 1. The molecule has 1 aliphatic rings. The van der Waals surface area contributed by atoms with Gasteiger partial charge in [0.1, 0.15) is 9.71 Å². The molecule has 0 atom stereocenters. The lowest BCUT2D eigenvalue weighted by atomic mass is 9.95. The fourth-order valence-corrected chi connectivity index (χ4v) is 4.42. The van der Waals surface area contributed by atoms with Gasteiger partial charge in [0.2, 0.25) is 0 Å². The summed E-state index contributed by atoms with van der Waals surface area (Å²) in [6.45, 7) is 0. The Balaban J connectivity index is 1.71. The Morgan fingerprint density at radius 3 is 2.86 bits per heavy atom. The maximum Gasteiger partial charge on any atom is 0.263 e. The van der Waals surface area contributed by atoms with Crippen LogP contribution in [0.25, 0.3) is 10.2 Å². The van der Waals surface area contributed by atoms with Gasteiger partial charge in [-0.05, 0) is 38.0 Å². The third-order valence-corrected chi connectivity index (χ3v) is 6.21. The molecule has 112 valence electrons. The van der Waals surface area contributed by atoms with Crippen molar-refractivity contribution in [2.45, 2.75) is 37.0 Å². The molecule has 0 spiro atoms. The third-order valence-electron chi connectivity index (χ3n) is 3.97. The van der Waals surface area contributed by atoms with Crippen LogP contribution in [-0.4, -0.2) is 33.7 Å². The van der Waals surface area contributed by atoms with Gasteiger partial charge in [-0.1, -0.05) is 0 Å². The maximum atomic E-state index is 12.4. The highest BCUT2D eigenvalue weighted by atomic mass is 32.2. The number of fused-ring (bicyclic) bond motifs is 1. The number of nitrogens with two attached hydrogens (primary N) is 1. The van der Waals surface area contributed by atoms with Crippen molar-refractivity contribution in [2.24, 2.45) is 0 Å². The van der Waals surface area contributed by atoms with Gasteiger partial charge in [-0.3, -0.25) is 4.79 Å². The van der Waals surface area contributed by atoms with Crippen molar-refractivity contribution >= 4 is 44.9 Å². The van der Waals surface area contributed by atoms with E-state index in [0.717, 1.165) is 23.5 Å². The molecule has 1 amide bonds. The average Bonchev–Trinajstić information content (AvgIpc) is 2.86. The first-order valence-electron chi connectivity index (χ1n) is 7.02. The van der Waals surface area contributed by atoms with Crippen LogP contribution in [0.2, 0.25) is 0 Å². The van der Waals surface area contributed by atoms with Gasteiger partial charge >= 0.3 is 0 Å². The van der Waals surface area contributed by atoms with Crippen LogP contribution < -0.4 is 11.1 Å². The molecule has 0 saturated heterocycles. The average molecular weight is 322 g/mol. The van der Waals surface area contributed by atoms with Crippen molar-refractivity contribution in [1.29, 1.82) is 0 Å². The lowest BCUT2D eigenvalue weighted by molar-refractivity contribution is 0.0933. The smallest absolute Gasteiger partial charge is 0.263 e. The van der Waals surface area contributed by atoms with Crippen LogP contribution in [0.1, 0.15) is 35.4 Å². The van der Waals surface area contributed by atoms with Gasteiger partial charge in [0.05, 0.1) is 11.9 Å². The van der Waals surface area contributed by atoms with Gasteiger partial charge in [-0.25, -0.2) is 0 Å². The minimum absolute atomic E-state index is 0.0805. The van der Waals surface area contributed by atoms with Crippen LogP contribution in [-0.2, 0) is 0 Å². The molecular weight excluding hydrogens is 304 g/mol. The predicted octanol–water partition coefficient (Wildman–Crippen LogP) is 2.68. The summed E-state index contributed by atoms with van der Waals surface area (Å²) in [7, 11) is 0. The number of nitrogen functional groups attached to an aromatic ring is 1. The van der Waals surface area contributed by atoms with E-state index in [4.69, 9.17) is 5.73 Å². The Hall–Kier alpha value is -1.34. The number of thiophene rings is 1. The molecule has 0 unspecified atom stereocenters. The summed E-state index contributed by atoms with van der Waals surface area (Å²) < 4.78 is 0. The van der Waals surface area contributed by atoms with Crippen LogP contribution in [0.5, 0.6) is 0 Å². The fraction of sp³-hybridized carbons (Fsp3) is 0.500. The van der Waals surface area contributed by atoms with E-state index in [9.17, 15) is 4.79 Å². The molecule has 3 rings (SSSR count). The summed E-state index contributed by atoms with van der Waals surface area (Å²) in [4.78, 5) is 13.7. The lowest BCUT2D eigenvalue weighted by Gasteiger charge is -2.27. The number of aromatic nitrogens is 2. The van der Waals surface area contributed by atoms with E-state index >= 15 is 0 Å². The van der Waals surface area contributed by atoms with Gasteiger partial charge in [0, 0.05) is 16.7 Å². The van der Waals surface area contributed by atoms with Crippen LogP contribution in [0.3, 0.4) is 0 Å². The molecule has 1 aliphatic carbocycles. The molecule has 7 heteroatoms. The zero-order valence-electron chi connectivity index (χ0n) is 11.8. The molecule has 0 bridgehead atoms. The minimum atomic E-state index is -0.0805. The SMILES string of the molecule is CSC1CCC(NC(=O)c2sc3nnccc3c2N)CC1. The molecule has 1 fully saturated rings. The van der Waals surface area contributed by atoms with E-state index in [1.807, 2.05) is 11.8 Å². The number of nitrogens with zero attached hydrogens (tertiary/aromatic N) is 2. The summed E-state index contributed by atoms with van der Waals surface area (Å²) in [6, 6.07) is 2.06. The number of hydrogen-bond donors (Lipinski definition) is 2. The molecule has 2 aromatic rings. The molecule has 0 aliphatic heterocycles. The predicted molar refractivity (Wildman–Crippen MR) is 88.9 cm³/mol. The second-order valence-corrected chi connectivity index (χ2v) is 7.41. The topological polar surface area (TPSA) is 80.9 Å². The summed E-state index contributed by atoms with van der Waals surface area (Å²) in [6.07, 6.45) is 8.17. The van der Waals surface area contributed by atoms with E-state index in [0.29, 0.717) is 15.4 Å². The Labute approximate surface area is 131 Å². The van der Waals surface area contributed by atoms with E-state index in [1.165, 1.54) is 24.2 Å². The molecule has 2 aromatic heterocycles. The van der Waals surface area contributed by atoms with Gasteiger partial charge in [0.25, 0.3) is 5.91 Å². The molecule has 0 radical (unpaired) electrons. The Morgan fingerprint density at radius 1 is 1.43 bits per heavy atom. The Morgan fingerprint density at radius 2 is 2.19 bits per heavy atom. The maximum absolute atomic E-state index is 12.4. The third kappa shape index (κ3) is 2.98. The molecule has 2 heterocycles. The van der Waals surface area contributed by atoms with Gasteiger partial charge < -0.3 is 11.1 Å². The summed E-state index contributed by atoms with van der Waals surface area (Å²) in [5.74, 6) is -0.0805. The summed E-state index contributed by atoms with van der Waals surface area (Å²) >= 11 is 3.23. The van der Waals surface area contributed by atoms with Gasteiger partial charge in [0.15, 0.2) is 0 Å². The zero-order chi connectivity index (χ0) is 14.8. The largest absolute Gasteiger partial charge is 0.397 e. The summed E-state index contributed by atoms with van der Waals surface area (Å²) in [5, 5.41) is 12.5. The highest BCUT2D eigenvalue weighted by Crippen LogP contribution is 2.32. The van der Waals surface area contributed by atoms with Gasteiger partial charge in [-0.2, -0.15) is 16.9 Å². The summed E-state index contributed by atoms with van der Waals surface area (Å²) in [5.41, 5.74) is 6.58. The number of thioether (sulfide) groups is 1. The normalized spacial score (nSPS) is 22.3. The fourth-order valence-electron chi connectivity index (χ4n) is 2.74. The van der Waals surface area contributed by atoms with Crippen molar-refractivity contribution in [3.8, 4) is 0 Å². The first-order chi connectivity index (χ1) is 10.2. The number of anilines is 1. The molecule has 1 saturated carbocycles. The molecule has 0 aromatic carbocycles. The van der Waals surface area contributed by atoms with Crippen LogP contribution in [0, 0.1) is 0 Å². The van der Waals surface area contributed by atoms with Crippen molar-refractivity contribution < 1.29 is 4.79 Å². The van der Waals surface area contributed by atoms with Crippen molar-refractivity contribution in [3.63, 3.8) is 0 Å². The molecule has 3 N–H and O–H groups in total. The van der Waals surface area contributed by atoms with E-state index in [2.05, 4.69) is 21.8 Å². The minimum Gasteiger partial charge on any atom is -0.397 e. The van der Waals surface area contributed by atoms with Crippen LogP contribution in [0.15, 0.2) is 12.3 Å². The molecule has 21 heavy (non-hydrogen) atoms. The Bertz CT molecular complexity index is 649. The van der Waals surface area contributed by atoms with E-state index in [1.54, 1.807) is 12.3 Å². The van der Waals surface area contributed by atoms with Crippen LogP contribution >= 0.6 is 23.1 Å². The van der Waals surface area contributed by atoms with Gasteiger partial charge in [-0.15, -0.1) is 16.4 Å². The number of carbonyl (C=O) groups is 1. The molecule has 5 nitrogen and oxygen atoms in total. The number of nitrogens with one attached hydrogen (secondary N) is 1. The Kier molecular flexibility index (Phi) is 4.30. The van der Waals surface area contributed by atoms with Crippen LogP contribution in [0.4, 0.5) is 5.69 Å². The number of rotatable bonds is 3. The molecular formula is C14H18N4OS2. The first-order valence-corrected chi connectivity index (χ1v) is 9.12. The van der Waals surface area contributed by atoms with E-state index < -0.39 is 0 Å².